The van der Waals surface area contributed by atoms with Gasteiger partial charge in [0, 0.05) is 31.4 Å². The number of hydrogen-bond donors (Lipinski definition) is 2. The molecule has 1 aromatic rings. The molecule has 3 atom stereocenters. The van der Waals surface area contributed by atoms with Crippen molar-refractivity contribution >= 4 is 11.7 Å². The number of nitriles is 1. The lowest BCUT2D eigenvalue weighted by Crippen LogP contribution is -2.52. The predicted molar refractivity (Wildman–Crippen MR) is 89.2 cm³/mol. The van der Waals surface area contributed by atoms with Crippen molar-refractivity contribution in [3.05, 3.63) is 29.8 Å². The van der Waals surface area contributed by atoms with Gasteiger partial charge in [-0.15, -0.1) is 0 Å². The molecule has 1 aliphatic heterocycles. The van der Waals surface area contributed by atoms with Crippen LogP contribution in [0, 0.1) is 11.3 Å². The van der Waals surface area contributed by atoms with Crippen molar-refractivity contribution in [3.8, 4) is 6.07 Å². The van der Waals surface area contributed by atoms with Crippen molar-refractivity contribution in [1.82, 2.24) is 10.2 Å². The number of carbonyl (C=O) groups excluding carboxylic acids is 1. The van der Waals surface area contributed by atoms with E-state index in [9.17, 15) is 4.79 Å². The average Bonchev–Trinajstić information content (AvgIpc) is 2.52. The van der Waals surface area contributed by atoms with E-state index in [2.05, 4.69) is 36.3 Å². The zero-order chi connectivity index (χ0) is 16.8. The van der Waals surface area contributed by atoms with Gasteiger partial charge < -0.3 is 15.4 Å². The van der Waals surface area contributed by atoms with Crippen molar-refractivity contribution in [1.29, 1.82) is 5.26 Å². The molecule has 23 heavy (non-hydrogen) atoms. The van der Waals surface area contributed by atoms with E-state index in [4.69, 9.17) is 10.00 Å². The molecule has 1 heterocycles. The van der Waals surface area contributed by atoms with E-state index in [0.29, 0.717) is 17.8 Å². The van der Waals surface area contributed by atoms with Gasteiger partial charge in [0.1, 0.15) is 0 Å². The Morgan fingerprint density at radius 2 is 1.96 bits per heavy atom. The summed E-state index contributed by atoms with van der Waals surface area (Å²) in [7, 11) is 0. The van der Waals surface area contributed by atoms with Gasteiger partial charge >= 0.3 is 6.03 Å². The van der Waals surface area contributed by atoms with E-state index >= 15 is 0 Å². The summed E-state index contributed by atoms with van der Waals surface area (Å²) < 4.78 is 5.73. The van der Waals surface area contributed by atoms with Gasteiger partial charge in [-0.2, -0.15) is 5.26 Å². The lowest BCUT2D eigenvalue weighted by Gasteiger charge is -2.38. The lowest BCUT2D eigenvalue weighted by molar-refractivity contribution is -0.0777. The van der Waals surface area contributed by atoms with Crippen LogP contribution in [-0.4, -0.2) is 48.8 Å². The normalized spacial score (nSPS) is 22.9. The van der Waals surface area contributed by atoms with Crippen LogP contribution >= 0.6 is 0 Å². The van der Waals surface area contributed by atoms with Crippen LogP contribution in [0.25, 0.3) is 0 Å². The van der Waals surface area contributed by atoms with Crippen molar-refractivity contribution in [2.75, 3.05) is 25.0 Å². The monoisotopic (exact) mass is 316 g/mol. The SMILES string of the molecule is CC1CN(C(C)CNC(=O)Nc2ccc(C#N)cc2)CC(C)O1. The minimum absolute atomic E-state index is 0.216. The third kappa shape index (κ3) is 5.23. The highest BCUT2D eigenvalue weighted by molar-refractivity contribution is 5.89. The molecule has 2 amide bonds. The molecule has 0 spiro atoms. The third-order valence-corrected chi connectivity index (χ3v) is 3.90. The summed E-state index contributed by atoms with van der Waals surface area (Å²) in [6.45, 7) is 8.57. The number of anilines is 1. The number of benzene rings is 1. The van der Waals surface area contributed by atoms with E-state index in [1.807, 2.05) is 6.07 Å². The second kappa shape index (κ2) is 7.95. The highest BCUT2D eigenvalue weighted by Gasteiger charge is 2.25. The summed E-state index contributed by atoms with van der Waals surface area (Å²) in [5.74, 6) is 0. The molecule has 0 radical (unpaired) electrons. The molecule has 6 heteroatoms. The van der Waals surface area contributed by atoms with Gasteiger partial charge in [-0.05, 0) is 45.0 Å². The predicted octanol–water partition coefficient (Wildman–Crippen LogP) is 2.18. The number of nitrogens with one attached hydrogen (secondary N) is 2. The first-order valence-electron chi connectivity index (χ1n) is 7.92. The standard InChI is InChI=1S/C17H24N4O2/c1-12(21-10-13(2)23-14(3)11-21)9-19-17(22)20-16-6-4-15(8-18)5-7-16/h4-7,12-14H,9-11H2,1-3H3,(H2,19,20,22). The first-order valence-corrected chi connectivity index (χ1v) is 7.92. The molecule has 1 saturated heterocycles. The van der Waals surface area contributed by atoms with Crippen LogP contribution < -0.4 is 10.6 Å². The Bertz CT molecular complexity index is 557. The smallest absolute Gasteiger partial charge is 0.319 e. The summed E-state index contributed by atoms with van der Waals surface area (Å²) in [5, 5.41) is 14.4. The molecule has 6 nitrogen and oxygen atoms in total. The largest absolute Gasteiger partial charge is 0.373 e. The Kier molecular flexibility index (Phi) is 5.97. The number of nitrogens with zero attached hydrogens (tertiary/aromatic N) is 2. The summed E-state index contributed by atoms with van der Waals surface area (Å²) in [4.78, 5) is 14.3. The molecule has 1 aromatic carbocycles. The van der Waals surface area contributed by atoms with E-state index < -0.39 is 0 Å². The first kappa shape index (κ1) is 17.3. The molecule has 2 N–H and O–H groups in total. The van der Waals surface area contributed by atoms with Gasteiger partial charge in [0.2, 0.25) is 0 Å². The van der Waals surface area contributed by atoms with Gasteiger partial charge in [-0.1, -0.05) is 0 Å². The first-order chi connectivity index (χ1) is 11.0. The Morgan fingerprint density at radius 3 is 2.52 bits per heavy atom. The summed E-state index contributed by atoms with van der Waals surface area (Å²) >= 11 is 0. The Morgan fingerprint density at radius 1 is 1.35 bits per heavy atom. The van der Waals surface area contributed by atoms with Crippen molar-refractivity contribution in [2.45, 2.75) is 39.0 Å². The molecular weight excluding hydrogens is 292 g/mol. The number of urea groups is 1. The maximum atomic E-state index is 12.0. The van der Waals surface area contributed by atoms with E-state index in [1.54, 1.807) is 24.3 Å². The van der Waals surface area contributed by atoms with Crippen LogP contribution in [0.15, 0.2) is 24.3 Å². The number of amides is 2. The fourth-order valence-corrected chi connectivity index (χ4v) is 2.75. The number of carbonyl (C=O) groups is 1. The Hall–Kier alpha value is -2.10. The molecule has 1 aliphatic rings. The van der Waals surface area contributed by atoms with E-state index in [1.165, 1.54) is 0 Å². The van der Waals surface area contributed by atoms with Crippen molar-refractivity contribution in [3.63, 3.8) is 0 Å². The summed E-state index contributed by atoms with van der Waals surface area (Å²) in [6.07, 6.45) is 0.433. The minimum atomic E-state index is -0.240. The fourth-order valence-electron chi connectivity index (χ4n) is 2.75. The maximum absolute atomic E-state index is 12.0. The van der Waals surface area contributed by atoms with Crippen molar-refractivity contribution < 1.29 is 9.53 Å². The second-order valence-corrected chi connectivity index (χ2v) is 6.08. The van der Waals surface area contributed by atoms with Gasteiger partial charge in [0.25, 0.3) is 0 Å². The van der Waals surface area contributed by atoms with Gasteiger partial charge in [0.05, 0.1) is 23.8 Å². The zero-order valence-electron chi connectivity index (χ0n) is 13.9. The van der Waals surface area contributed by atoms with E-state index in [-0.39, 0.29) is 24.3 Å². The molecule has 0 saturated carbocycles. The molecule has 2 rings (SSSR count). The quantitative estimate of drug-likeness (QED) is 0.892. The molecule has 1 fully saturated rings. The summed E-state index contributed by atoms with van der Waals surface area (Å²) in [5.41, 5.74) is 1.24. The average molecular weight is 316 g/mol. The number of hydrogen-bond acceptors (Lipinski definition) is 4. The molecular formula is C17H24N4O2. The number of rotatable bonds is 4. The maximum Gasteiger partial charge on any atom is 0.319 e. The van der Waals surface area contributed by atoms with Gasteiger partial charge in [-0.3, -0.25) is 4.90 Å². The highest BCUT2D eigenvalue weighted by atomic mass is 16.5. The summed E-state index contributed by atoms with van der Waals surface area (Å²) in [6, 6.07) is 8.83. The molecule has 124 valence electrons. The van der Waals surface area contributed by atoms with Crippen LogP contribution in [-0.2, 0) is 4.74 Å². The molecule has 0 aromatic heterocycles. The Labute approximate surface area is 137 Å². The van der Waals surface area contributed by atoms with Crippen LogP contribution in [0.4, 0.5) is 10.5 Å². The van der Waals surface area contributed by atoms with Gasteiger partial charge in [0.15, 0.2) is 0 Å². The third-order valence-electron chi connectivity index (χ3n) is 3.90. The molecule has 0 aliphatic carbocycles. The van der Waals surface area contributed by atoms with Crippen molar-refractivity contribution in [2.24, 2.45) is 0 Å². The van der Waals surface area contributed by atoms with Gasteiger partial charge in [-0.25, -0.2) is 4.79 Å². The van der Waals surface area contributed by atoms with Crippen LogP contribution in [0.1, 0.15) is 26.3 Å². The van der Waals surface area contributed by atoms with Crippen LogP contribution in [0.5, 0.6) is 0 Å². The highest BCUT2D eigenvalue weighted by Crippen LogP contribution is 2.13. The van der Waals surface area contributed by atoms with Crippen LogP contribution in [0.2, 0.25) is 0 Å². The molecule has 3 unspecified atom stereocenters. The number of ether oxygens (including phenoxy) is 1. The lowest BCUT2D eigenvalue weighted by atomic mass is 10.2. The van der Waals surface area contributed by atoms with E-state index in [0.717, 1.165) is 13.1 Å². The van der Waals surface area contributed by atoms with Crippen LogP contribution in [0.3, 0.4) is 0 Å². The fraction of sp³-hybridized carbons (Fsp3) is 0.529. The minimum Gasteiger partial charge on any atom is -0.373 e. The topological polar surface area (TPSA) is 77.4 Å². The molecule has 0 bridgehead atoms. The number of morpholine rings is 1. The Balaban J connectivity index is 1.78. The second-order valence-electron chi connectivity index (χ2n) is 6.08. The zero-order valence-corrected chi connectivity index (χ0v) is 13.9.